The third-order valence-corrected chi connectivity index (χ3v) is 5.77. The lowest BCUT2D eigenvalue weighted by atomic mass is 9.83. The fraction of sp³-hybridized carbons (Fsp3) is 0.708. The van der Waals surface area contributed by atoms with E-state index < -0.39 is 0 Å². The maximum absolute atomic E-state index is 12.4. The summed E-state index contributed by atoms with van der Waals surface area (Å²) in [6.07, 6.45) is 12.0. The van der Waals surface area contributed by atoms with Crippen molar-refractivity contribution in [1.82, 2.24) is 0 Å². The van der Waals surface area contributed by atoms with Gasteiger partial charge in [0.1, 0.15) is 0 Å². The highest BCUT2D eigenvalue weighted by atomic mass is 16.5. The van der Waals surface area contributed by atoms with Crippen molar-refractivity contribution in [2.24, 2.45) is 11.8 Å². The van der Waals surface area contributed by atoms with Gasteiger partial charge >= 0.3 is 5.97 Å². The van der Waals surface area contributed by atoms with Crippen molar-refractivity contribution in [3.05, 3.63) is 34.9 Å². The van der Waals surface area contributed by atoms with Crippen LogP contribution in [0.25, 0.3) is 0 Å². The molecule has 1 aromatic carbocycles. The van der Waals surface area contributed by atoms with Crippen LogP contribution in [-0.2, 0) is 17.6 Å². The van der Waals surface area contributed by atoms with Crippen LogP contribution in [0.4, 0.5) is 0 Å². The van der Waals surface area contributed by atoms with Gasteiger partial charge in [-0.05, 0) is 41.9 Å². The summed E-state index contributed by atoms with van der Waals surface area (Å²) in [6, 6.07) is 6.22. The summed E-state index contributed by atoms with van der Waals surface area (Å²) >= 11 is 0. The summed E-state index contributed by atoms with van der Waals surface area (Å²) in [7, 11) is 1.49. The second-order valence-corrected chi connectivity index (χ2v) is 7.68. The number of ether oxygens (including phenoxy) is 1. The van der Waals surface area contributed by atoms with Crippen LogP contribution in [0.15, 0.2) is 18.2 Å². The Labute approximate surface area is 161 Å². The van der Waals surface area contributed by atoms with Crippen LogP contribution < -0.4 is 0 Å². The van der Waals surface area contributed by atoms with Gasteiger partial charge in [-0.1, -0.05) is 91.2 Å². The highest BCUT2D eigenvalue weighted by molar-refractivity contribution is 5.91. The Bertz CT molecular complexity index is 521. The molecule has 0 fully saturated rings. The average Bonchev–Trinajstić information content (AvgIpc) is 2.68. The third kappa shape index (κ3) is 7.13. The summed E-state index contributed by atoms with van der Waals surface area (Å²) in [5.74, 6) is 1.17. The van der Waals surface area contributed by atoms with Crippen LogP contribution in [0.5, 0.6) is 0 Å². The van der Waals surface area contributed by atoms with Gasteiger partial charge < -0.3 is 4.74 Å². The Morgan fingerprint density at radius 1 is 0.923 bits per heavy atom. The first-order valence-electron chi connectivity index (χ1n) is 10.8. The molecule has 0 aliphatic carbocycles. The van der Waals surface area contributed by atoms with E-state index >= 15 is 0 Å². The zero-order valence-corrected chi connectivity index (χ0v) is 17.8. The Balaban J connectivity index is 3.12. The topological polar surface area (TPSA) is 26.3 Å². The average molecular weight is 361 g/mol. The maximum Gasteiger partial charge on any atom is 0.338 e. The molecule has 0 aliphatic rings. The molecule has 148 valence electrons. The minimum Gasteiger partial charge on any atom is -0.465 e. The number of carbonyl (C=O) groups excluding carboxylic acids is 1. The van der Waals surface area contributed by atoms with Crippen molar-refractivity contribution >= 4 is 5.97 Å². The summed E-state index contributed by atoms with van der Waals surface area (Å²) in [4.78, 5) is 12.4. The minimum atomic E-state index is -0.186. The quantitative estimate of drug-likeness (QED) is 0.354. The number of esters is 1. The van der Waals surface area contributed by atoms with Gasteiger partial charge in [0.05, 0.1) is 12.7 Å². The molecular weight excluding hydrogens is 320 g/mol. The van der Waals surface area contributed by atoms with E-state index in [-0.39, 0.29) is 5.97 Å². The lowest BCUT2D eigenvalue weighted by Gasteiger charge is -2.22. The van der Waals surface area contributed by atoms with Crippen LogP contribution in [0, 0.1) is 11.8 Å². The monoisotopic (exact) mass is 360 g/mol. The largest absolute Gasteiger partial charge is 0.465 e. The minimum absolute atomic E-state index is 0.186. The molecule has 0 N–H and O–H groups in total. The molecule has 2 atom stereocenters. The Morgan fingerprint density at radius 3 is 2.00 bits per heavy atom. The number of hydrogen-bond acceptors (Lipinski definition) is 2. The first kappa shape index (κ1) is 22.7. The molecule has 0 aliphatic heterocycles. The number of rotatable bonds is 13. The molecule has 0 bridgehead atoms. The SMILES string of the molecule is CCCCC(CC)Cc1cccc(C(=O)OC)c1CC(CC)CCCC. The van der Waals surface area contributed by atoms with Crippen LogP contribution in [0.1, 0.15) is 101 Å². The standard InChI is InChI=1S/C24H40O2/c1-6-10-13-19(8-3)17-21-15-12-16-22(24(25)26-5)23(21)18-20(9-4)14-11-7-2/h12,15-16,19-20H,6-11,13-14,17-18H2,1-5H3. The van der Waals surface area contributed by atoms with E-state index in [9.17, 15) is 4.79 Å². The summed E-state index contributed by atoms with van der Waals surface area (Å²) in [5.41, 5.74) is 3.40. The highest BCUT2D eigenvalue weighted by Gasteiger charge is 2.20. The van der Waals surface area contributed by atoms with Crippen molar-refractivity contribution in [3.8, 4) is 0 Å². The van der Waals surface area contributed by atoms with E-state index in [0.717, 1.165) is 18.4 Å². The second kappa shape index (κ2) is 12.9. The van der Waals surface area contributed by atoms with Gasteiger partial charge in [-0.15, -0.1) is 0 Å². The van der Waals surface area contributed by atoms with Crippen molar-refractivity contribution in [3.63, 3.8) is 0 Å². The molecule has 2 nitrogen and oxygen atoms in total. The zero-order chi connectivity index (χ0) is 19.4. The van der Waals surface area contributed by atoms with Gasteiger partial charge in [0, 0.05) is 0 Å². The van der Waals surface area contributed by atoms with E-state index in [0.29, 0.717) is 11.8 Å². The van der Waals surface area contributed by atoms with Crippen LogP contribution in [0.2, 0.25) is 0 Å². The van der Waals surface area contributed by atoms with Gasteiger partial charge in [0.2, 0.25) is 0 Å². The van der Waals surface area contributed by atoms with Gasteiger partial charge in [-0.3, -0.25) is 0 Å². The molecule has 0 radical (unpaired) electrons. The fourth-order valence-electron chi connectivity index (χ4n) is 3.85. The van der Waals surface area contributed by atoms with E-state index in [1.165, 1.54) is 69.6 Å². The Morgan fingerprint density at radius 2 is 1.50 bits per heavy atom. The van der Waals surface area contributed by atoms with E-state index in [1.807, 2.05) is 12.1 Å². The molecule has 0 saturated carbocycles. The molecule has 2 unspecified atom stereocenters. The second-order valence-electron chi connectivity index (χ2n) is 7.68. The number of carbonyl (C=O) groups is 1. The maximum atomic E-state index is 12.4. The number of hydrogen-bond donors (Lipinski definition) is 0. The van der Waals surface area contributed by atoms with Gasteiger partial charge in [-0.25, -0.2) is 4.79 Å². The number of benzene rings is 1. The van der Waals surface area contributed by atoms with Crippen molar-refractivity contribution in [2.45, 2.75) is 91.9 Å². The summed E-state index contributed by atoms with van der Waals surface area (Å²) in [6.45, 7) is 9.08. The van der Waals surface area contributed by atoms with Gasteiger partial charge in [-0.2, -0.15) is 0 Å². The molecule has 0 spiro atoms. The third-order valence-electron chi connectivity index (χ3n) is 5.77. The van der Waals surface area contributed by atoms with E-state index in [2.05, 4.69) is 33.8 Å². The molecule has 26 heavy (non-hydrogen) atoms. The summed E-state index contributed by atoms with van der Waals surface area (Å²) in [5, 5.41) is 0. The molecular formula is C24H40O2. The highest BCUT2D eigenvalue weighted by Crippen LogP contribution is 2.28. The number of unbranched alkanes of at least 4 members (excludes halogenated alkanes) is 2. The van der Waals surface area contributed by atoms with Crippen molar-refractivity contribution in [1.29, 1.82) is 0 Å². The first-order chi connectivity index (χ1) is 12.6. The Kier molecular flexibility index (Phi) is 11.3. The molecule has 2 heteroatoms. The molecule has 1 aromatic rings. The Hall–Kier alpha value is -1.31. The first-order valence-corrected chi connectivity index (χ1v) is 10.8. The predicted molar refractivity (Wildman–Crippen MR) is 112 cm³/mol. The lowest BCUT2D eigenvalue weighted by molar-refractivity contribution is 0.0599. The van der Waals surface area contributed by atoms with Crippen molar-refractivity contribution in [2.75, 3.05) is 7.11 Å². The fourth-order valence-corrected chi connectivity index (χ4v) is 3.85. The number of methoxy groups -OCH3 is 1. The lowest BCUT2D eigenvalue weighted by Crippen LogP contribution is -2.15. The van der Waals surface area contributed by atoms with Crippen LogP contribution in [-0.4, -0.2) is 13.1 Å². The molecule has 0 heterocycles. The van der Waals surface area contributed by atoms with E-state index in [1.54, 1.807) is 0 Å². The molecule has 1 rings (SSSR count). The van der Waals surface area contributed by atoms with E-state index in [4.69, 9.17) is 4.74 Å². The van der Waals surface area contributed by atoms with Gasteiger partial charge in [0.15, 0.2) is 0 Å². The molecule has 0 saturated heterocycles. The van der Waals surface area contributed by atoms with Crippen LogP contribution in [0.3, 0.4) is 0 Å². The normalized spacial score (nSPS) is 13.4. The van der Waals surface area contributed by atoms with Crippen molar-refractivity contribution < 1.29 is 9.53 Å². The predicted octanol–water partition coefficient (Wildman–Crippen LogP) is 6.99. The van der Waals surface area contributed by atoms with Crippen LogP contribution >= 0.6 is 0 Å². The van der Waals surface area contributed by atoms with Gasteiger partial charge in [0.25, 0.3) is 0 Å². The molecule has 0 amide bonds. The molecule has 0 aromatic heterocycles. The smallest absolute Gasteiger partial charge is 0.338 e. The zero-order valence-electron chi connectivity index (χ0n) is 17.8. The summed E-state index contributed by atoms with van der Waals surface area (Å²) < 4.78 is 5.09.